The molecule has 0 aromatic carbocycles. The summed E-state index contributed by atoms with van der Waals surface area (Å²) in [5, 5.41) is 11.7. The Bertz CT molecular complexity index is 766. The van der Waals surface area contributed by atoms with E-state index < -0.39 is 0 Å². The molecule has 5 rings (SSSR count). The molecule has 6 atom stereocenters. The van der Waals surface area contributed by atoms with Crippen molar-refractivity contribution in [2.24, 2.45) is 0 Å². The molecule has 196 valence electrons. The van der Waals surface area contributed by atoms with Gasteiger partial charge in [-0.05, 0) is 25.0 Å². The fourth-order valence-electron chi connectivity index (χ4n) is 6.63. The van der Waals surface area contributed by atoms with E-state index in [4.69, 9.17) is 0 Å². The van der Waals surface area contributed by atoms with Crippen LogP contribution in [0.1, 0.15) is 44.9 Å². The van der Waals surface area contributed by atoms with Gasteiger partial charge in [0.25, 0.3) is 5.91 Å². The lowest BCUT2D eigenvalue weighted by Gasteiger charge is -2.39. The summed E-state index contributed by atoms with van der Waals surface area (Å²) >= 11 is 1.87. The average molecular weight is 510 g/mol. The Morgan fingerprint density at radius 3 is 2.69 bits per heavy atom. The third-order valence-corrected chi connectivity index (χ3v) is 9.81. The van der Waals surface area contributed by atoms with Crippen LogP contribution in [0.3, 0.4) is 0 Å². The maximum Gasteiger partial charge on any atom is 0.315 e. The molecule has 3 unspecified atom stereocenters. The van der Waals surface area contributed by atoms with Crippen molar-refractivity contribution in [2.75, 3.05) is 57.3 Å². The number of nitrogens with zero attached hydrogens (tertiary/aromatic N) is 2. The van der Waals surface area contributed by atoms with Crippen LogP contribution in [0.4, 0.5) is 4.79 Å². The standard InChI is InChI=1S/C24H41N7O3S/c32-22(30-10-8-29(9-11-30)21-3-1-2-7-25-21)5-4-19-14-26-23(33)20-13-18(15-31(19)20)28-24(34)27-17-6-12-35-16-17/h17-21,25H,1-16H2,(H,26,33)(H2,27,28,34)/p+2/t17?,18-,19+,20-,21?/m0/s1. The molecular formula is C24H43N7O3S+2. The number of carbonyl (C=O) groups excluding carboxylic acids is 3. The van der Waals surface area contributed by atoms with Crippen LogP contribution < -0.4 is 26.2 Å². The van der Waals surface area contributed by atoms with Crippen molar-refractivity contribution < 1.29 is 24.6 Å². The van der Waals surface area contributed by atoms with Gasteiger partial charge in [-0.2, -0.15) is 11.8 Å². The van der Waals surface area contributed by atoms with E-state index in [1.54, 1.807) is 0 Å². The fraction of sp³-hybridized carbons (Fsp3) is 0.875. The zero-order valence-electron chi connectivity index (χ0n) is 20.8. The molecule has 0 aromatic rings. The summed E-state index contributed by atoms with van der Waals surface area (Å²) in [7, 11) is 0. The highest BCUT2D eigenvalue weighted by atomic mass is 32.2. The number of nitrogens with one attached hydrogen (secondary N) is 4. The largest absolute Gasteiger partial charge is 0.345 e. The summed E-state index contributed by atoms with van der Waals surface area (Å²) in [5.74, 6) is 2.40. The van der Waals surface area contributed by atoms with Gasteiger partial charge >= 0.3 is 6.03 Å². The SMILES string of the molecule is O=C(NC1CCSC1)N[C@H]1C[C@H]2C(=O)NC[C@@H](CCC(=O)N3CCN(C4CCCC[NH2+]4)CC3)[NH+]2C1. The second kappa shape index (κ2) is 11.7. The third kappa shape index (κ3) is 6.23. The average Bonchev–Trinajstić information content (AvgIpc) is 3.54. The van der Waals surface area contributed by atoms with Crippen LogP contribution in [-0.2, 0) is 9.59 Å². The van der Waals surface area contributed by atoms with Crippen molar-refractivity contribution in [3.8, 4) is 0 Å². The van der Waals surface area contributed by atoms with E-state index in [9.17, 15) is 14.4 Å². The lowest BCUT2D eigenvalue weighted by Crippen LogP contribution is -3.21. The molecule has 5 aliphatic rings. The molecule has 0 radical (unpaired) electrons. The van der Waals surface area contributed by atoms with Gasteiger partial charge in [-0.1, -0.05) is 0 Å². The minimum atomic E-state index is -0.133. The van der Waals surface area contributed by atoms with Crippen molar-refractivity contribution in [2.45, 2.75) is 75.3 Å². The monoisotopic (exact) mass is 509 g/mol. The topological polar surface area (TPSA) is 115 Å². The number of fused-ring (bicyclic) bond motifs is 1. The van der Waals surface area contributed by atoms with E-state index >= 15 is 0 Å². The first-order valence-electron chi connectivity index (χ1n) is 13.7. The van der Waals surface area contributed by atoms with Gasteiger partial charge in [-0.25, -0.2) is 4.79 Å². The van der Waals surface area contributed by atoms with Gasteiger partial charge in [-0.3, -0.25) is 14.5 Å². The molecule has 11 heteroatoms. The molecule has 5 fully saturated rings. The van der Waals surface area contributed by atoms with Gasteiger partial charge in [0, 0.05) is 63.7 Å². The number of rotatable bonds is 6. The van der Waals surface area contributed by atoms with Crippen molar-refractivity contribution in [1.82, 2.24) is 25.8 Å². The van der Waals surface area contributed by atoms with E-state index in [1.807, 2.05) is 16.7 Å². The van der Waals surface area contributed by atoms with Gasteiger partial charge in [0.15, 0.2) is 6.04 Å². The third-order valence-electron chi connectivity index (χ3n) is 8.65. The van der Waals surface area contributed by atoms with Crippen LogP contribution in [0.15, 0.2) is 0 Å². The van der Waals surface area contributed by atoms with Crippen LogP contribution in [-0.4, -0.2) is 115 Å². The van der Waals surface area contributed by atoms with Crippen molar-refractivity contribution in [1.29, 1.82) is 0 Å². The minimum Gasteiger partial charge on any atom is -0.345 e. The van der Waals surface area contributed by atoms with Gasteiger partial charge in [0.05, 0.1) is 25.7 Å². The van der Waals surface area contributed by atoms with E-state index in [0.29, 0.717) is 25.6 Å². The summed E-state index contributed by atoms with van der Waals surface area (Å²) in [4.78, 5) is 43.8. The van der Waals surface area contributed by atoms with E-state index in [0.717, 1.165) is 57.1 Å². The first-order chi connectivity index (χ1) is 17.1. The Morgan fingerprint density at radius 2 is 1.94 bits per heavy atom. The maximum absolute atomic E-state index is 13.0. The number of piperidine rings is 1. The summed E-state index contributed by atoms with van der Waals surface area (Å²) in [6.07, 6.45) is 7.50. The zero-order valence-corrected chi connectivity index (χ0v) is 21.6. The second-order valence-corrected chi connectivity index (χ2v) is 12.1. The van der Waals surface area contributed by atoms with Crippen molar-refractivity contribution >= 4 is 29.6 Å². The Labute approximate surface area is 212 Å². The van der Waals surface area contributed by atoms with Gasteiger partial charge < -0.3 is 31.1 Å². The molecule has 0 aliphatic carbocycles. The molecule has 0 spiro atoms. The van der Waals surface area contributed by atoms with Crippen LogP contribution in [0.5, 0.6) is 0 Å². The highest BCUT2D eigenvalue weighted by Crippen LogP contribution is 2.17. The number of thioether (sulfide) groups is 1. The number of carbonyl (C=O) groups is 3. The maximum atomic E-state index is 13.0. The molecule has 5 saturated heterocycles. The predicted octanol–water partition coefficient (Wildman–Crippen LogP) is -2.69. The summed E-state index contributed by atoms with van der Waals surface area (Å²) in [5.41, 5.74) is 0. The van der Waals surface area contributed by atoms with Gasteiger partial charge in [-0.15, -0.1) is 0 Å². The predicted molar refractivity (Wildman–Crippen MR) is 134 cm³/mol. The van der Waals surface area contributed by atoms with Crippen LogP contribution in [0.25, 0.3) is 0 Å². The number of piperazine rings is 2. The summed E-state index contributed by atoms with van der Waals surface area (Å²) in [6.45, 7) is 6.18. The molecule has 0 bridgehead atoms. The lowest BCUT2D eigenvalue weighted by atomic mass is 10.0. The Kier molecular flexibility index (Phi) is 8.36. The Hall–Kier alpha value is -1.56. The molecule has 5 heterocycles. The number of quaternary nitrogens is 2. The van der Waals surface area contributed by atoms with Gasteiger partial charge in [0.1, 0.15) is 12.2 Å². The molecular weight excluding hydrogens is 466 g/mol. The molecule has 10 nitrogen and oxygen atoms in total. The smallest absolute Gasteiger partial charge is 0.315 e. The van der Waals surface area contributed by atoms with Crippen LogP contribution in [0, 0.1) is 0 Å². The number of urea groups is 1. The van der Waals surface area contributed by atoms with Crippen LogP contribution >= 0.6 is 11.8 Å². The molecule has 35 heavy (non-hydrogen) atoms. The quantitative estimate of drug-likeness (QED) is 0.268. The molecule has 5 aliphatic heterocycles. The number of nitrogens with two attached hydrogens (primary N) is 1. The van der Waals surface area contributed by atoms with E-state index in [-0.39, 0.29) is 42.0 Å². The molecule has 4 amide bonds. The number of hydrogen-bond acceptors (Lipinski definition) is 5. The normalized spacial score (nSPS) is 35.9. The number of amides is 4. The zero-order chi connectivity index (χ0) is 24.2. The Morgan fingerprint density at radius 1 is 1.11 bits per heavy atom. The fourth-order valence-corrected chi connectivity index (χ4v) is 7.78. The van der Waals surface area contributed by atoms with Crippen molar-refractivity contribution in [3.63, 3.8) is 0 Å². The Balaban J connectivity index is 1.06. The first kappa shape index (κ1) is 25.1. The highest BCUT2D eigenvalue weighted by molar-refractivity contribution is 7.99. The lowest BCUT2D eigenvalue weighted by molar-refractivity contribution is -0.930. The van der Waals surface area contributed by atoms with E-state index in [1.165, 1.54) is 30.7 Å². The highest BCUT2D eigenvalue weighted by Gasteiger charge is 2.48. The first-order valence-corrected chi connectivity index (χ1v) is 14.9. The summed E-state index contributed by atoms with van der Waals surface area (Å²) < 4.78 is 0. The molecule has 6 N–H and O–H groups in total. The minimum absolute atomic E-state index is 0.00391. The van der Waals surface area contributed by atoms with E-state index in [2.05, 4.69) is 26.2 Å². The molecule has 0 saturated carbocycles. The molecule has 0 aromatic heterocycles. The number of hydrogen-bond donors (Lipinski definition) is 5. The second-order valence-electron chi connectivity index (χ2n) is 10.9. The van der Waals surface area contributed by atoms with Crippen LogP contribution in [0.2, 0.25) is 0 Å². The summed E-state index contributed by atoms with van der Waals surface area (Å²) in [6, 6.07) is 0.225. The van der Waals surface area contributed by atoms with Gasteiger partial charge in [0.2, 0.25) is 5.91 Å². The van der Waals surface area contributed by atoms with Crippen molar-refractivity contribution in [3.05, 3.63) is 0 Å².